The number of aromatic carboxylic acids is 1. The van der Waals surface area contributed by atoms with Gasteiger partial charge in [0.25, 0.3) is 0 Å². The Morgan fingerprint density at radius 2 is 2.35 bits per heavy atom. The number of ether oxygens (including phenoxy) is 1. The first-order valence-electron chi connectivity index (χ1n) is 6.41. The average molecular weight is 279 g/mol. The smallest absolute Gasteiger partial charge is 0.356 e. The van der Waals surface area contributed by atoms with Crippen LogP contribution in [0.2, 0.25) is 0 Å². The Morgan fingerprint density at radius 1 is 1.55 bits per heavy atom. The lowest BCUT2D eigenvalue weighted by atomic mass is 10.0. The Morgan fingerprint density at radius 3 is 3.00 bits per heavy atom. The molecule has 2 heterocycles. The minimum absolute atomic E-state index is 0.0394. The zero-order valence-corrected chi connectivity index (χ0v) is 11.1. The monoisotopic (exact) mass is 279 g/mol. The highest BCUT2D eigenvalue weighted by Crippen LogP contribution is 2.17. The third kappa shape index (κ3) is 3.45. The molecule has 7 heteroatoms. The molecule has 1 fully saturated rings. The number of hydrogen-bond donors (Lipinski definition) is 3. The van der Waals surface area contributed by atoms with Gasteiger partial charge in [-0.25, -0.2) is 14.6 Å². The Bertz CT molecular complexity index is 500. The van der Waals surface area contributed by atoms with Gasteiger partial charge in [0.05, 0.1) is 12.3 Å². The molecule has 0 bridgehead atoms. The summed E-state index contributed by atoms with van der Waals surface area (Å²) in [6, 6.07) is 2.58. The number of nitrogens with zero attached hydrogens (tertiary/aromatic N) is 1. The maximum Gasteiger partial charge on any atom is 0.356 e. The predicted octanol–water partition coefficient (Wildman–Crippen LogP) is 1.33. The van der Waals surface area contributed by atoms with Crippen molar-refractivity contribution in [3.05, 3.63) is 24.0 Å². The summed E-state index contributed by atoms with van der Waals surface area (Å²) in [4.78, 5) is 26.6. The van der Waals surface area contributed by atoms with Gasteiger partial charge in [-0.15, -0.1) is 0 Å². The van der Waals surface area contributed by atoms with Crippen LogP contribution in [-0.4, -0.2) is 41.3 Å². The lowest BCUT2D eigenvalue weighted by Gasteiger charge is -2.19. The lowest BCUT2D eigenvalue weighted by Crippen LogP contribution is -2.41. The number of hydrogen-bond acceptors (Lipinski definition) is 4. The number of pyridine rings is 1. The molecule has 0 aromatic carbocycles. The molecule has 7 nitrogen and oxygen atoms in total. The zero-order chi connectivity index (χ0) is 14.5. The van der Waals surface area contributed by atoms with Gasteiger partial charge in [0.1, 0.15) is 0 Å². The van der Waals surface area contributed by atoms with E-state index in [4.69, 9.17) is 9.84 Å². The number of urea groups is 1. The number of rotatable bonds is 4. The van der Waals surface area contributed by atoms with Gasteiger partial charge in [0.2, 0.25) is 0 Å². The van der Waals surface area contributed by atoms with Crippen molar-refractivity contribution in [2.45, 2.75) is 19.4 Å². The highest BCUT2D eigenvalue weighted by molar-refractivity contribution is 5.98. The molecule has 1 aliphatic heterocycles. The van der Waals surface area contributed by atoms with E-state index in [1.54, 1.807) is 6.07 Å². The van der Waals surface area contributed by atoms with Gasteiger partial charge < -0.3 is 20.5 Å². The van der Waals surface area contributed by atoms with Crippen LogP contribution >= 0.6 is 0 Å². The summed E-state index contributed by atoms with van der Waals surface area (Å²) in [5.41, 5.74) is -0.00752. The Hall–Kier alpha value is -2.15. The number of carboxylic acids is 1. The number of carboxylic acid groups (broad SMARTS) is 1. The van der Waals surface area contributed by atoms with Crippen molar-refractivity contribution in [3.63, 3.8) is 0 Å². The molecule has 0 saturated carbocycles. The fourth-order valence-corrected chi connectivity index (χ4v) is 2.11. The summed E-state index contributed by atoms with van der Waals surface area (Å²) < 4.78 is 5.27. The standard InChI is InChI=1S/C13H17N3O4/c1-8(9-4-6-20-7-9)15-13(19)16-10-3-2-5-14-11(10)12(17)18/h2-3,5,8-9H,4,6-7H2,1H3,(H,17,18)(H2,15,16,19). The molecule has 1 aromatic rings. The second-order valence-electron chi connectivity index (χ2n) is 4.72. The molecular weight excluding hydrogens is 262 g/mol. The number of carbonyl (C=O) groups is 2. The van der Waals surface area contributed by atoms with Crippen LogP contribution in [0.4, 0.5) is 10.5 Å². The Balaban J connectivity index is 1.96. The maximum atomic E-state index is 11.9. The molecule has 0 radical (unpaired) electrons. The average Bonchev–Trinajstić information content (AvgIpc) is 2.92. The molecule has 3 N–H and O–H groups in total. The predicted molar refractivity (Wildman–Crippen MR) is 71.7 cm³/mol. The molecule has 2 rings (SSSR count). The maximum absolute atomic E-state index is 11.9. The molecule has 2 atom stereocenters. The number of aromatic nitrogens is 1. The first kappa shape index (κ1) is 14.3. The van der Waals surface area contributed by atoms with Gasteiger partial charge in [0.15, 0.2) is 5.69 Å². The Kier molecular flexibility index (Phi) is 4.52. The lowest BCUT2D eigenvalue weighted by molar-refractivity contribution is 0.0691. The van der Waals surface area contributed by atoms with Crippen LogP contribution in [0, 0.1) is 5.92 Å². The molecule has 2 unspecified atom stereocenters. The molecule has 0 aliphatic carbocycles. The SMILES string of the molecule is CC(NC(=O)Nc1cccnc1C(=O)O)C1CCOC1. The third-order valence-corrected chi connectivity index (χ3v) is 3.29. The summed E-state index contributed by atoms with van der Waals surface area (Å²) in [6.45, 7) is 3.25. The van der Waals surface area contributed by atoms with E-state index in [0.29, 0.717) is 13.2 Å². The van der Waals surface area contributed by atoms with Crippen molar-refractivity contribution in [3.8, 4) is 0 Å². The van der Waals surface area contributed by atoms with Gasteiger partial charge in [-0.2, -0.15) is 0 Å². The summed E-state index contributed by atoms with van der Waals surface area (Å²) in [7, 11) is 0. The fraction of sp³-hybridized carbons (Fsp3) is 0.462. The molecular formula is C13H17N3O4. The normalized spacial score (nSPS) is 19.4. The van der Waals surface area contributed by atoms with Crippen LogP contribution in [0.3, 0.4) is 0 Å². The summed E-state index contributed by atoms with van der Waals surface area (Å²) in [5, 5.41) is 14.3. The fourth-order valence-electron chi connectivity index (χ4n) is 2.11. The second-order valence-corrected chi connectivity index (χ2v) is 4.72. The molecule has 2 amide bonds. The largest absolute Gasteiger partial charge is 0.476 e. The summed E-state index contributed by atoms with van der Waals surface area (Å²) >= 11 is 0. The number of amides is 2. The zero-order valence-electron chi connectivity index (χ0n) is 11.1. The van der Waals surface area contributed by atoms with E-state index in [9.17, 15) is 9.59 Å². The van der Waals surface area contributed by atoms with E-state index in [0.717, 1.165) is 6.42 Å². The first-order chi connectivity index (χ1) is 9.58. The number of anilines is 1. The minimum atomic E-state index is -1.18. The van der Waals surface area contributed by atoms with Gasteiger partial charge >= 0.3 is 12.0 Å². The van der Waals surface area contributed by atoms with Crippen molar-refractivity contribution in [1.29, 1.82) is 0 Å². The van der Waals surface area contributed by atoms with Gasteiger partial charge in [-0.3, -0.25) is 0 Å². The van der Waals surface area contributed by atoms with Crippen LogP contribution < -0.4 is 10.6 Å². The molecule has 108 valence electrons. The van der Waals surface area contributed by atoms with Crippen LogP contribution in [-0.2, 0) is 4.74 Å². The molecule has 1 saturated heterocycles. The van der Waals surface area contributed by atoms with Crippen molar-refractivity contribution in [1.82, 2.24) is 10.3 Å². The van der Waals surface area contributed by atoms with E-state index in [1.807, 2.05) is 6.92 Å². The topological polar surface area (TPSA) is 101 Å². The molecule has 20 heavy (non-hydrogen) atoms. The van der Waals surface area contributed by atoms with Gasteiger partial charge in [-0.1, -0.05) is 0 Å². The number of nitrogens with one attached hydrogen (secondary N) is 2. The minimum Gasteiger partial charge on any atom is -0.476 e. The van der Waals surface area contributed by atoms with Crippen molar-refractivity contribution < 1.29 is 19.4 Å². The molecule has 1 aromatic heterocycles. The highest BCUT2D eigenvalue weighted by Gasteiger charge is 2.24. The van der Waals surface area contributed by atoms with Crippen LogP contribution in [0.5, 0.6) is 0 Å². The van der Waals surface area contributed by atoms with Crippen molar-refractivity contribution >= 4 is 17.7 Å². The number of carbonyl (C=O) groups excluding carboxylic acids is 1. The van der Waals surface area contributed by atoms with Crippen molar-refractivity contribution in [2.75, 3.05) is 18.5 Å². The highest BCUT2D eigenvalue weighted by atomic mass is 16.5. The molecule has 1 aliphatic rings. The van der Waals surface area contributed by atoms with Crippen LogP contribution in [0.25, 0.3) is 0 Å². The summed E-state index contributed by atoms with van der Waals surface area (Å²) in [5.74, 6) is -0.897. The van der Waals surface area contributed by atoms with E-state index in [-0.39, 0.29) is 23.3 Å². The Labute approximate surface area is 116 Å². The quantitative estimate of drug-likeness (QED) is 0.772. The first-order valence-corrected chi connectivity index (χ1v) is 6.41. The van der Waals surface area contributed by atoms with Crippen LogP contribution in [0.15, 0.2) is 18.3 Å². The van der Waals surface area contributed by atoms with Crippen LogP contribution in [0.1, 0.15) is 23.8 Å². The van der Waals surface area contributed by atoms with Gasteiger partial charge in [0, 0.05) is 24.8 Å². The molecule has 0 spiro atoms. The van der Waals surface area contributed by atoms with E-state index in [2.05, 4.69) is 15.6 Å². The van der Waals surface area contributed by atoms with E-state index in [1.165, 1.54) is 12.3 Å². The van der Waals surface area contributed by atoms with Gasteiger partial charge in [-0.05, 0) is 25.5 Å². The third-order valence-electron chi connectivity index (χ3n) is 3.29. The second kappa shape index (κ2) is 6.33. The van der Waals surface area contributed by atoms with Crippen molar-refractivity contribution in [2.24, 2.45) is 5.92 Å². The van der Waals surface area contributed by atoms with E-state index >= 15 is 0 Å². The summed E-state index contributed by atoms with van der Waals surface area (Å²) in [6.07, 6.45) is 2.28. The van der Waals surface area contributed by atoms with E-state index < -0.39 is 12.0 Å².